The Bertz CT molecular complexity index is 746. The van der Waals surface area contributed by atoms with Gasteiger partial charge in [-0.1, -0.05) is 12.1 Å². The van der Waals surface area contributed by atoms with Gasteiger partial charge >= 0.3 is 12.4 Å². The normalized spacial score (nSPS) is 12.3. The van der Waals surface area contributed by atoms with Crippen LogP contribution in [0.15, 0.2) is 24.3 Å². The fourth-order valence-electron chi connectivity index (χ4n) is 2.18. The lowest BCUT2D eigenvalue weighted by Crippen LogP contribution is -2.28. The lowest BCUT2D eigenvalue weighted by Gasteiger charge is -2.09. The van der Waals surface area contributed by atoms with Gasteiger partial charge in [0.05, 0.1) is 11.1 Å². The van der Waals surface area contributed by atoms with Gasteiger partial charge in [0.25, 0.3) is 5.91 Å². The average molecular weight is 365 g/mol. The number of carbonyl (C=O) groups is 1. The van der Waals surface area contributed by atoms with Gasteiger partial charge < -0.3 is 5.32 Å². The SMILES string of the molecule is Cc1[nH]nc(C(F)(F)F)c1C(=O)NCCc1ccc(C(F)(F)F)cc1. The molecule has 0 bridgehead atoms. The predicted octanol–water partition coefficient (Wildman–Crippen LogP) is 3.73. The minimum absolute atomic E-state index is 0.0284. The van der Waals surface area contributed by atoms with Gasteiger partial charge in [-0.25, -0.2) is 0 Å². The molecule has 2 N–H and O–H groups in total. The lowest BCUT2D eigenvalue weighted by molar-refractivity contribution is -0.141. The van der Waals surface area contributed by atoms with Crippen LogP contribution in [0.2, 0.25) is 0 Å². The first-order valence-corrected chi connectivity index (χ1v) is 7.06. The standard InChI is InChI=1S/C15H13F6N3O/c1-8-11(12(24-23-8)15(19,20)21)13(25)22-7-6-9-2-4-10(5-3-9)14(16,17)18/h2-5H,6-7H2,1H3,(H,22,25)(H,23,24). The summed E-state index contributed by atoms with van der Waals surface area (Å²) in [5.41, 5.74) is -2.23. The number of rotatable bonds is 4. The van der Waals surface area contributed by atoms with Crippen molar-refractivity contribution in [3.8, 4) is 0 Å². The van der Waals surface area contributed by atoms with Crippen molar-refractivity contribution in [3.63, 3.8) is 0 Å². The van der Waals surface area contributed by atoms with Gasteiger partial charge in [0.1, 0.15) is 0 Å². The summed E-state index contributed by atoms with van der Waals surface area (Å²) in [5.74, 6) is -0.953. The van der Waals surface area contributed by atoms with Gasteiger partial charge in [-0.15, -0.1) is 0 Å². The van der Waals surface area contributed by atoms with Crippen LogP contribution in [-0.4, -0.2) is 22.6 Å². The number of halogens is 6. The fraction of sp³-hybridized carbons (Fsp3) is 0.333. The van der Waals surface area contributed by atoms with Crippen LogP contribution in [-0.2, 0) is 18.8 Å². The third-order valence-corrected chi connectivity index (χ3v) is 3.42. The first-order valence-electron chi connectivity index (χ1n) is 7.06. The Morgan fingerprint density at radius 3 is 2.20 bits per heavy atom. The minimum Gasteiger partial charge on any atom is -0.352 e. The number of alkyl halides is 6. The Morgan fingerprint density at radius 1 is 1.08 bits per heavy atom. The molecule has 1 amide bonds. The maximum absolute atomic E-state index is 12.8. The van der Waals surface area contributed by atoms with E-state index < -0.39 is 35.1 Å². The summed E-state index contributed by atoms with van der Waals surface area (Å²) >= 11 is 0. The molecule has 0 unspecified atom stereocenters. The van der Waals surface area contributed by atoms with Crippen molar-refractivity contribution in [1.82, 2.24) is 15.5 Å². The third-order valence-electron chi connectivity index (χ3n) is 3.42. The van der Waals surface area contributed by atoms with E-state index in [1.807, 2.05) is 0 Å². The monoisotopic (exact) mass is 365 g/mol. The first-order chi connectivity index (χ1) is 11.5. The summed E-state index contributed by atoms with van der Waals surface area (Å²) in [5, 5.41) is 7.52. The van der Waals surface area contributed by atoms with Crippen LogP contribution < -0.4 is 5.32 Å². The summed E-state index contributed by atoms with van der Waals surface area (Å²) in [4.78, 5) is 12.0. The smallest absolute Gasteiger partial charge is 0.352 e. The van der Waals surface area contributed by atoms with Crippen LogP contribution in [0.4, 0.5) is 26.3 Å². The van der Waals surface area contributed by atoms with Crippen molar-refractivity contribution >= 4 is 5.91 Å². The van der Waals surface area contributed by atoms with Crippen molar-refractivity contribution in [2.45, 2.75) is 25.7 Å². The van der Waals surface area contributed by atoms with E-state index in [0.717, 1.165) is 12.1 Å². The van der Waals surface area contributed by atoms with E-state index in [9.17, 15) is 31.1 Å². The molecule has 4 nitrogen and oxygen atoms in total. The highest BCUT2D eigenvalue weighted by atomic mass is 19.4. The molecule has 0 radical (unpaired) electrons. The molecule has 0 saturated heterocycles. The molecule has 2 rings (SSSR count). The number of nitrogens with zero attached hydrogens (tertiary/aromatic N) is 1. The van der Waals surface area contributed by atoms with Gasteiger partial charge in [-0.2, -0.15) is 31.4 Å². The van der Waals surface area contributed by atoms with Gasteiger partial charge in [0, 0.05) is 12.2 Å². The zero-order valence-electron chi connectivity index (χ0n) is 12.8. The Hall–Kier alpha value is -2.52. The van der Waals surface area contributed by atoms with Crippen LogP contribution in [0.25, 0.3) is 0 Å². The number of aromatic nitrogens is 2. The summed E-state index contributed by atoms with van der Waals surface area (Å²) in [6.07, 6.45) is -9.05. The molecule has 2 aromatic rings. The van der Waals surface area contributed by atoms with Gasteiger partial charge in [0.15, 0.2) is 5.69 Å². The maximum Gasteiger partial charge on any atom is 0.435 e. The number of H-pyrrole nitrogens is 1. The largest absolute Gasteiger partial charge is 0.435 e. The molecule has 1 aromatic heterocycles. The van der Waals surface area contributed by atoms with Crippen LogP contribution >= 0.6 is 0 Å². The van der Waals surface area contributed by atoms with Crippen LogP contribution in [0.1, 0.15) is 32.9 Å². The molecule has 1 aromatic carbocycles. The summed E-state index contributed by atoms with van der Waals surface area (Å²) in [6, 6.07) is 4.30. The quantitative estimate of drug-likeness (QED) is 0.812. The summed E-state index contributed by atoms with van der Waals surface area (Å²) in [6.45, 7) is 1.25. The lowest BCUT2D eigenvalue weighted by atomic mass is 10.1. The number of amides is 1. The Balaban J connectivity index is 1.99. The highest BCUT2D eigenvalue weighted by Gasteiger charge is 2.39. The van der Waals surface area contributed by atoms with Crippen molar-refractivity contribution in [2.24, 2.45) is 0 Å². The molecule has 10 heteroatoms. The highest BCUT2D eigenvalue weighted by molar-refractivity contribution is 5.96. The van der Waals surface area contributed by atoms with Gasteiger partial charge in [-0.3, -0.25) is 9.89 Å². The van der Waals surface area contributed by atoms with Gasteiger partial charge in [-0.05, 0) is 31.0 Å². The second-order valence-electron chi connectivity index (χ2n) is 5.27. The topological polar surface area (TPSA) is 57.8 Å². The summed E-state index contributed by atoms with van der Waals surface area (Å²) in [7, 11) is 0. The van der Waals surface area contributed by atoms with E-state index in [4.69, 9.17) is 0 Å². The van der Waals surface area contributed by atoms with E-state index in [-0.39, 0.29) is 18.7 Å². The molecule has 0 aliphatic carbocycles. The van der Waals surface area contributed by atoms with Crippen molar-refractivity contribution in [1.29, 1.82) is 0 Å². The first kappa shape index (κ1) is 18.8. The zero-order chi connectivity index (χ0) is 18.8. The molecular weight excluding hydrogens is 352 g/mol. The second kappa shape index (κ2) is 6.77. The third kappa shape index (κ3) is 4.52. The molecule has 0 aliphatic rings. The number of carbonyl (C=O) groups excluding carboxylic acids is 1. The number of aromatic amines is 1. The molecular formula is C15H13F6N3O. The van der Waals surface area contributed by atoms with Crippen molar-refractivity contribution < 1.29 is 31.1 Å². The van der Waals surface area contributed by atoms with Crippen molar-refractivity contribution in [2.75, 3.05) is 6.54 Å². The van der Waals surface area contributed by atoms with E-state index in [1.165, 1.54) is 19.1 Å². The number of hydrogen-bond acceptors (Lipinski definition) is 2. The molecule has 0 fully saturated rings. The number of aryl methyl sites for hydroxylation is 1. The molecule has 1 heterocycles. The van der Waals surface area contributed by atoms with Crippen LogP contribution in [0.5, 0.6) is 0 Å². The van der Waals surface area contributed by atoms with E-state index in [2.05, 4.69) is 15.5 Å². The molecule has 0 spiro atoms. The maximum atomic E-state index is 12.8. The Kier molecular flexibility index (Phi) is 5.09. The Morgan fingerprint density at radius 2 is 1.68 bits per heavy atom. The minimum atomic E-state index is -4.77. The van der Waals surface area contributed by atoms with E-state index >= 15 is 0 Å². The molecule has 136 valence electrons. The molecule has 0 atom stereocenters. The molecule has 0 aliphatic heterocycles. The van der Waals surface area contributed by atoms with Crippen molar-refractivity contribution in [3.05, 3.63) is 52.3 Å². The fourth-order valence-corrected chi connectivity index (χ4v) is 2.18. The zero-order valence-corrected chi connectivity index (χ0v) is 12.8. The number of nitrogens with one attached hydrogen (secondary N) is 2. The second-order valence-corrected chi connectivity index (χ2v) is 5.27. The summed E-state index contributed by atoms with van der Waals surface area (Å²) < 4.78 is 75.7. The van der Waals surface area contributed by atoms with E-state index in [1.54, 1.807) is 0 Å². The Labute approximate surface area is 138 Å². The molecule has 0 saturated carbocycles. The average Bonchev–Trinajstić information content (AvgIpc) is 2.88. The predicted molar refractivity (Wildman–Crippen MR) is 75.8 cm³/mol. The van der Waals surface area contributed by atoms with E-state index in [0.29, 0.717) is 5.56 Å². The highest BCUT2D eigenvalue weighted by Crippen LogP contribution is 2.31. The molecule has 25 heavy (non-hydrogen) atoms. The number of hydrogen-bond donors (Lipinski definition) is 2. The number of benzene rings is 1. The van der Waals surface area contributed by atoms with Crippen LogP contribution in [0.3, 0.4) is 0 Å². The van der Waals surface area contributed by atoms with Crippen LogP contribution in [0, 0.1) is 6.92 Å². The van der Waals surface area contributed by atoms with Gasteiger partial charge in [0.2, 0.25) is 0 Å².